The maximum absolute atomic E-state index is 6.04. The zero-order valence-corrected chi connectivity index (χ0v) is 13.5. The zero-order valence-electron chi connectivity index (χ0n) is 12.7. The average molecular weight is 336 g/mol. The maximum Gasteiger partial charge on any atom is 0.243 e. The molecular weight excluding hydrogens is 322 g/mol. The van der Waals surface area contributed by atoms with Crippen LogP contribution in [0.25, 0.3) is 22.2 Å². The molecule has 2 heterocycles. The Labute approximate surface area is 143 Å². The summed E-state index contributed by atoms with van der Waals surface area (Å²) < 4.78 is 0. The number of anilines is 1. The molecule has 4 rings (SSSR count). The SMILES string of the molecule is Clc1cccc(-c2cnnc(NCc3cccc4[nH]ccc34)n2)c1. The van der Waals surface area contributed by atoms with Crippen LogP contribution in [0.2, 0.25) is 5.02 Å². The van der Waals surface area contributed by atoms with Gasteiger partial charge in [0.2, 0.25) is 5.95 Å². The highest BCUT2D eigenvalue weighted by molar-refractivity contribution is 6.30. The number of aromatic nitrogens is 4. The van der Waals surface area contributed by atoms with Crippen LogP contribution >= 0.6 is 11.6 Å². The van der Waals surface area contributed by atoms with Crippen LogP contribution in [0.5, 0.6) is 0 Å². The minimum atomic E-state index is 0.486. The van der Waals surface area contributed by atoms with Gasteiger partial charge in [0, 0.05) is 34.2 Å². The summed E-state index contributed by atoms with van der Waals surface area (Å²) in [7, 11) is 0. The van der Waals surface area contributed by atoms with Gasteiger partial charge in [-0.2, -0.15) is 5.10 Å². The van der Waals surface area contributed by atoms with Crippen LogP contribution in [0.3, 0.4) is 0 Å². The highest BCUT2D eigenvalue weighted by Crippen LogP contribution is 2.21. The summed E-state index contributed by atoms with van der Waals surface area (Å²) in [5.41, 5.74) is 3.93. The number of H-pyrrole nitrogens is 1. The van der Waals surface area contributed by atoms with Crippen LogP contribution in [0.1, 0.15) is 5.56 Å². The first-order chi connectivity index (χ1) is 11.8. The maximum atomic E-state index is 6.04. The molecule has 0 aliphatic rings. The van der Waals surface area contributed by atoms with E-state index < -0.39 is 0 Å². The summed E-state index contributed by atoms with van der Waals surface area (Å²) in [4.78, 5) is 7.73. The molecular formula is C18H14ClN5. The Morgan fingerprint density at radius 3 is 2.92 bits per heavy atom. The third-order valence-electron chi connectivity index (χ3n) is 3.80. The summed E-state index contributed by atoms with van der Waals surface area (Å²) in [5, 5.41) is 13.2. The molecule has 0 bridgehead atoms. The largest absolute Gasteiger partial charge is 0.361 e. The third-order valence-corrected chi connectivity index (χ3v) is 4.04. The molecule has 0 saturated heterocycles. The molecule has 0 atom stereocenters. The second-order valence-corrected chi connectivity index (χ2v) is 5.82. The minimum absolute atomic E-state index is 0.486. The van der Waals surface area contributed by atoms with Gasteiger partial charge in [0.1, 0.15) is 0 Å². The fourth-order valence-corrected chi connectivity index (χ4v) is 2.83. The van der Waals surface area contributed by atoms with Gasteiger partial charge in [-0.05, 0) is 29.8 Å². The molecule has 0 spiro atoms. The van der Waals surface area contributed by atoms with E-state index in [9.17, 15) is 0 Å². The normalized spacial score (nSPS) is 10.9. The van der Waals surface area contributed by atoms with E-state index in [0.29, 0.717) is 17.5 Å². The Morgan fingerprint density at radius 2 is 2.00 bits per heavy atom. The van der Waals surface area contributed by atoms with E-state index in [2.05, 4.69) is 43.7 Å². The molecule has 2 aromatic heterocycles. The van der Waals surface area contributed by atoms with Crippen molar-refractivity contribution in [3.05, 3.63) is 71.5 Å². The topological polar surface area (TPSA) is 66.5 Å². The molecule has 4 aromatic rings. The number of nitrogens with zero attached hydrogens (tertiary/aromatic N) is 3. The molecule has 0 saturated carbocycles. The van der Waals surface area contributed by atoms with Crippen molar-refractivity contribution < 1.29 is 0 Å². The van der Waals surface area contributed by atoms with E-state index in [0.717, 1.165) is 16.8 Å². The Kier molecular flexibility index (Phi) is 3.84. The summed E-state index contributed by atoms with van der Waals surface area (Å²) in [6.45, 7) is 0.621. The fourth-order valence-electron chi connectivity index (χ4n) is 2.64. The summed E-state index contributed by atoms with van der Waals surface area (Å²) in [6.07, 6.45) is 3.57. The summed E-state index contributed by atoms with van der Waals surface area (Å²) in [5.74, 6) is 0.486. The van der Waals surface area contributed by atoms with Crippen molar-refractivity contribution >= 4 is 28.5 Å². The highest BCUT2D eigenvalue weighted by Gasteiger charge is 2.06. The van der Waals surface area contributed by atoms with E-state index in [1.165, 1.54) is 10.9 Å². The van der Waals surface area contributed by atoms with Crippen molar-refractivity contribution in [2.75, 3.05) is 5.32 Å². The number of hydrogen-bond donors (Lipinski definition) is 2. The smallest absolute Gasteiger partial charge is 0.243 e. The molecule has 0 radical (unpaired) electrons. The monoisotopic (exact) mass is 335 g/mol. The van der Waals surface area contributed by atoms with Gasteiger partial charge in [-0.1, -0.05) is 35.9 Å². The number of halogens is 1. The van der Waals surface area contributed by atoms with Crippen LogP contribution in [-0.2, 0) is 6.54 Å². The molecule has 5 nitrogen and oxygen atoms in total. The van der Waals surface area contributed by atoms with Gasteiger partial charge >= 0.3 is 0 Å². The number of nitrogens with one attached hydrogen (secondary N) is 2. The van der Waals surface area contributed by atoms with Gasteiger partial charge in [-0.15, -0.1) is 5.10 Å². The Bertz CT molecular complexity index is 995. The lowest BCUT2D eigenvalue weighted by atomic mass is 10.1. The highest BCUT2D eigenvalue weighted by atomic mass is 35.5. The predicted molar refractivity (Wildman–Crippen MR) is 95.9 cm³/mol. The first-order valence-electron chi connectivity index (χ1n) is 7.54. The van der Waals surface area contributed by atoms with Crippen LogP contribution in [0.4, 0.5) is 5.95 Å². The zero-order chi connectivity index (χ0) is 16.4. The lowest BCUT2D eigenvalue weighted by Gasteiger charge is -2.07. The van der Waals surface area contributed by atoms with Crippen molar-refractivity contribution in [3.8, 4) is 11.3 Å². The Morgan fingerprint density at radius 1 is 1.08 bits per heavy atom. The molecule has 0 aliphatic carbocycles. The Hall–Kier alpha value is -2.92. The van der Waals surface area contributed by atoms with E-state index in [1.807, 2.05) is 36.5 Å². The molecule has 2 aromatic carbocycles. The van der Waals surface area contributed by atoms with E-state index in [-0.39, 0.29) is 0 Å². The van der Waals surface area contributed by atoms with E-state index >= 15 is 0 Å². The molecule has 2 N–H and O–H groups in total. The third kappa shape index (κ3) is 2.94. The van der Waals surface area contributed by atoms with Crippen molar-refractivity contribution in [1.82, 2.24) is 20.2 Å². The van der Waals surface area contributed by atoms with Crippen LogP contribution in [0, 0.1) is 0 Å². The second kappa shape index (κ2) is 6.29. The molecule has 0 aliphatic heterocycles. The number of hydrogen-bond acceptors (Lipinski definition) is 4. The van der Waals surface area contributed by atoms with Gasteiger partial charge in [-0.3, -0.25) is 0 Å². The van der Waals surface area contributed by atoms with Gasteiger partial charge in [0.25, 0.3) is 0 Å². The summed E-state index contributed by atoms with van der Waals surface area (Å²) >= 11 is 6.04. The lowest BCUT2D eigenvalue weighted by molar-refractivity contribution is 0.951. The number of fused-ring (bicyclic) bond motifs is 1. The van der Waals surface area contributed by atoms with Crippen LogP contribution in [-0.4, -0.2) is 20.2 Å². The van der Waals surface area contributed by atoms with Crippen LogP contribution < -0.4 is 5.32 Å². The molecule has 0 fully saturated rings. The predicted octanol–water partition coefficient (Wildman–Crippen LogP) is 4.29. The molecule has 6 heteroatoms. The van der Waals surface area contributed by atoms with Crippen LogP contribution in [0.15, 0.2) is 60.9 Å². The summed E-state index contributed by atoms with van der Waals surface area (Å²) in [6, 6.07) is 15.7. The first-order valence-corrected chi connectivity index (χ1v) is 7.92. The number of benzene rings is 2. The molecule has 0 amide bonds. The lowest BCUT2D eigenvalue weighted by Crippen LogP contribution is -2.05. The standard InChI is InChI=1S/C18H14ClN5/c19-14-5-1-3-12(9-14)17-11-22-24-18(23-17)21-10-13-4-2-6-16-15(13)7-8-20-16/h1-9,11,20H,10H2,(H,21,23,24). The number of rotatable bonds is 4. The quantitative estimate of drug-likeness (QED) is 0.584. The minimum Gasteiger partial charge on any atom is -0.361 e. The van der Waals surface area contributed by atoms with Crippen molar-refractivity contribution in [2.45, 2.75) is 6.54 Å². The Balaban J connectivity index is 1.57. The van der Waals surface area contributed by atoms with E-state index in [4.69, 9.17) is 11.6 Å². The van der Waals surface area contributed by atoms with Crippen molar-refractivity contribution in [1.29, 1.82) is 0 Å². The van der Waals surface area contributed by atoms with Crippen molar-refractivity contribution in [2.24, 2.45) is 0 Å². The molecule has 118 valence electrons. The first kappa shape index (κ1) is 14.7. The van der Waals surface area contributed by atoms with Gasteiger partial charge in [0.05, 0.1) is 11.9 Å². The van der Waals surface area contributed by atoms with Gasteiger partial charge in [0.15, 0.2) is 0 Å². The van der Waals surface area contributed by atoms with Crippen molar-refractivity contribution in [3.63, 3.8) is 0 Å². The average Bonchev–Trinajstić information content (AvgIpc) is 3.09. The fraction of sp³-hybridized carbons (Fsp3) is 0.0556. The van der Waals surface area contributed by atoms with Gasteiger partial charge < -0.3 is 10.3 Å². The molecule has 0 unspecified atom stereocenters. The molecule has 24 heavy (non-hydrogen) atoms. The number of aromatic amines is 1. The van der Waals surface area contributed by atoms with E-state index in [1.54, 1.807) is 6.20 Å². The van der Waals surface area contributed by atoms with Gasteiger partial charge in [-0.25, -0.2) is 4.98 Å². The second-order valence-electron chi connectivity index (χ2n) is 5.39.